The Hall–Kier alpha value is -1.59. The van der Waals surface area contributed by atoms with E-state index in [-0.39, 0.29) is 17.4 Å². The number of nitrogens with one attached hydrogen (secondary N) is 1. The summed E-state index contributed by atoms with van der Waals surface area (Å²) < 4.78 is 11.8. The molecule has 1 amide bonds. The standard InChI is InChI=1S/C22H34N2O3/c1-4-26-19-14-22(23,21(19,2)3)20(25)24-15-16-10-12-18(13-11-16)27-17-8-6-5-7-9-17/h10-13,17,19H,4-9,14-15,23H2,1-3H3,(H,24,25). The summed E-state index contributed by atoms with van der Waals surface area (Å²) in [4.78, 5) is 12.7. The van der Waals surface area contributed by atoms with Gasteiger partial charge in [0.2, 0.25) is 5.91 Å². The number of hydrogen-bond acceptors (Lipinski definition) is 4. The van der Waals surface area contributed by atoms with Gasteiger partial charge in [0.1, 0.15) is 11.3 Å². The van der Waals surface area contributed by atoms with Crippen LogP contribution in [0, 0.1) is 5.41 Å². The lowest BCUT2D eigenvalue weighted by Crippen LogP contribution is -2.75. The van der Waals surface area contributed by atoms with E-state index >= 15 is 0 Å². The third kappa shape index (κ3) is 4.14. The molecule has 2 aliphatic carbocycles. The first-order valence-corrected chi connectivity index (χ1v) is 10.3. The van der Waals surface area contributed by atoms with E-state index in [0.717, 1.165) is 24.2 Å². The van der Waals surface area contributed by atoms with E-state index < -0.39 is 5.54 Å². The average Bonchev–Trinajstić information content (AvgIpc) is 2.67. The Balaban J connectivity index is 1.50. The zero-order chi connectivity index (χ0) is 19.5. The number of carbonyl (C=O) groups is 1. The molecular formula is C22H34N2O3. The monoisotopic (exact) mass is 374 g/mol. The molecule has 1 aromatic rings. The summed E-state index contributed by atoms with van der Waals surface area (Å²) in [5.74, 6) is 0.804. The van der Waals surface area contributed by atoms with Crippen LogP contribution >= 0.6 is 0 Å². The molecule has 2 unspecified atom stereocenters. The van der Waals surface area contributed by atoms with Crippen LogP contribution < -0.4 is 15.8 Å². The number of amides is 1. The van der Waals surface area contributed by atoms with Gasteiger partial charge in [0.25, 0.3) is 0 Å². The molecule has 150 valence electrons. The van der Waals surface area contributed by atoms with Gasteiger partial charge in [-0.3, -0.25) is 4.79 Å². The van der Waals surface area contributed by atoms with Crippen LogP contribution in [0.15, 0.2) is 24.3 Å². The second-order valence-corrected chi connectivity index (χ2v) is 8.55. The molecule has 27 heavy (non-hydrogen) atoms. The predicted molar refractivity (Wildman–Crippen MR) is 107 cm³/mol. The van der Waals surface area contributed by atoms with Crippen molar-refractivity contribution in [2.75, 3.05) is 6.61 Å². The number of carbonyl (C=O) groups excluding carboxylic acids is 1. The summed E-state index contributed by atoms with van der Waals surface area (Å²) in [7, 11) is 0. The number of hydrogen-bond donors (Lipinski definition) is 2. The molecule has 0 aliphatic heterocycles. The van der Waals surface area contributed by atoms with Crippen LogP contribution in [0.4, 0.5) is 0 Å². The largest absolute Gasteiger partial charge is 0.490 e. The molecule has 5 heteroatoms. The number of benzene rings is 1. The highest BCUT2D eigenvalue weighted by molar-refractivity contribution is 5.88. The van der Waals surface area contributed by atoms with Crippen molar-refractivity contribution in [2.45, 2.75) is 83.6 Å². The van der Waals surface area contributed by atoms with Crippen molar-refractivity contribution in [2.24, 2.45) is 11.1 Å². The topological polar surface area (TPSA) is 73.6 Å². The van der Waals surface area contributed by atoms with E-state index in [0.29, 0.717) is 25.7 Å². The molecule has 1 aromatic carbocycles. The Labute approximate surface area is 163 Å². The lowest BCUT2D eigenvalue weighted by Gasteiger charge is -2.57. The lowest BCUT2D eigenvalue weighted by molar-refractivity contribution is -0.170. The van der Waals surface area contributed by atoms with Gasteiger partial charge in [-0.25, -0.2) is 0 Å². The molecule has 0 bridgehead atoms. The number of ether oxygens (including phenoxy) is 2. The van der Waals surface area contributed by atoms with Crippen LogP contribution in [0.2, 0.25) is 0 Å². The van der Waals surface area contributed by atoms with E-state index in [1.54, 1.807) is 0 Å². The quantitative estimate of drug-likeness (QED) is 0.765. The Morgan fingerprint density at radius 1 is 1.19 bits per heavy atom. The smallest absolute Gasteiger partial charge is 0.241 e. The van der Waals surface area contributed by atoms with E-state index in [4.69, 9.17) is 15.2 Å². The minimum absolute atomic E-state index is 0.0365. The molecule has 2 saturated carbocycles. The summed E-state index contributed by atoms with van der Waals surface area (Å²) in [5, 5.41) is 3.00. The van der Waals surface area contributed by atoms with Crippen LogP contribution in [-0.4, -0.2) is 30.3 Å². The molecular weight excluding hydrogens is 340 g/mol. The van der Waals surface area contributed by atoms with Crippen LogP contribution in [0.1, 0.15) is 64.9 Å². The van der Waals surface area contributed by atoms with Gasteiger partial charge in [0, 0.05) is 25.0 Å². The van der Waals surface area contributed by atoms with Crippen molar-refractivity contribution in [1.82, 2.24) is 5.32 Å². The first-order chi connectivity index (χ1) is 12.9. The van der Waals surface area contributed by atoms with E-state index in [2.05, 4.69) is 5.32 Å². The highest BCUT2D eigenvalue weighted by Gasteiger charge is 2.62. The predicted octanol–water partition coefficient (Wildman–Crippen LogP) is 3.55. The van der Waals surface area contributed by atoms with Crippen LogP contribution in [0.5, 0.6) is 5.75 Å². The van der Waals surface area contributed by atoms with E-state index in [9.17, 15) is 4.79 Å². The van der Waals surface area contributed by atoms with Gasteiger partial charge in [-0.2, -0.15) is 0 Å². The molecule has 2 atom stereocenters. The third-order valence-electron chi connectivity index (χ3n) is 6.47. The highest BCUT2D eigenvalue weighted by Crippen LogP contribution is 2.49. The molecule has 3 rings (SSSR count). The van der Waals surface area contributed by atoms with Crippen molar-refractivity contribution < 1.29 is 14.3 Å². The molecule has 0 aromatic heterocycles. The van der Waals surface area contributed by atoms with E-state index in [1.807, 2.05) is 45.0 Å². The molecule has 0 saturated heterocycles. The SMILES string of the molecule is CCOC1CC(N)(C(=O)NCc2ccc(OC3CCCCC3)cc2)C1(C)C. The van der Waals surface area contributed by atoms with Crippen LogP contribution in [-0.2, 0) is 16.1 Å². The first-order valence-electron chi connectivity index (χ1n) is 10.3. The Kier molecular flexibility index (Phi) is 6.11. The highest BCUT2D eigenvalue weighted by atomic mass is 16.5. The zero-order valence-corrected chi connectivity index (χ0v) is 16.9. The Morgan fingerprint density at radius 3 is 2.44 bits per heavy atom. The van der Waals surface area contributed by atoms with Gasteiger partial charge in [-0.15, -0.1) is 0 Å². The summed E-state index contributed by atoms with van der Waals surface area (Å²) >= 11 is 0. The van der Waals surface area contributed by atoms with Crippen molar-refractivity contribution in [1.29, 1.82) is 0 Å². The fraction of sp³-hybridized carbons (Fsp3) is 0.682. The maximum atomic E-state index is 12.7. The maximum Gasteiger partial charge on any atom is 0.241 e. The van der Waals surface area contributed by atoms with Gasteiger partial charge >= 0.3 is 0 Å². The average molecular weight is 375 g/mol. The Bertz CT molecular complexity index is 637. The van der Waals surface area contributed by atoms with Crippen molar-refractivity contribution in [3.05, 3.63) is 29.8 Å². The minimum Gasteiger partial charge on any atom is -0.490 e. The van der Waals surface area contributed by atoms with Gasteiger partial charge in [-0.1, -0.05) is 32.4 Å². The van der Waals surface area contributed by atoms with Crippen molar-refractivity contribution in [3.63, 3.8) is 0 Å². The summed E-state index contributed by atoms with van der Waals surface area (Å²) in [6.45, 7) is 7.09. The normalized spacial score (nSPS) is 27.6. The summed E-state index contributed by atoms with van der Waals surface area (Å²) in [6, 6.07) is 8.01. The summed E-state index contributed by atoms with van der Waals surface area (Å²) in [5.41, 5.74) is 6.22. The fourth-order valence-electron chi connectivity index (χ4n) is 4.22. The van der Waals surface area contributed by atoms with Gasteiger partial charge in [-0.05, 0) is 50.3 Å². The zero-order valence-electron chi connectivity index (χ0n) is 16.9. The van der Waals surface area contributed by atoms with Gasteiger partial charge in [0.05, 0.1) is 12.2 Å². The molecule has 2 fully saturated rings. The second kappa shape index (κ2) is 8.19. The van der Waals surface area contributed by atoms with Crippen LogP contribution in [0.3, 0.4) is 0 Å². The summed E-state index contributed by atoms with van der Waals surface area (Å²) in [6.07, 6.45) is 7.09. The molecule has 5 nitrogen and oxygen atoms in total. The minimum atomic E-state index is -0.878. The molecule has 3 N–H and O–H groups in total. The number of nitrogens with two attached hydrogens (primary N) is 1. The maximum absolute atomic E-state index is 12.7. The molecule has 2 aliphatic rings. The van der Waals surface area contributed by atoms with Gasteiger partial charge < -0.3 is 20.5 Å². The van der Waals surface area contributed by atoms with Crippen molar-refractivity contribution in [3.8, 4) is 5.75 Å². The Morgan fingerprint density at radius 2 is 1.85 bits per heavy atom. The van der Waals surface area contributed by atoms with E-state index in [1.165, 1.54) is 19.3 Å². The van der Waals surface area contributed by atoms with Crippen LogP contribution in [0.25, 0.3) is 0 Å². The molecule has 0 radical (unpaired) electrons. The lowest BCUT2D eigenvalue weighted by atomic mass is 9.54. The molecule has 0 spiro atoms. The first kappa shape index (κ1) is 20.2. The molecule has 0 heterocycles. The fourth-order valence-corrected chi connectivity index (χ4v) is 4.22. The number of rotatable bonds is 7. The van der Waals surface area contributed by atoms with Gasteiger partial charge in [0.15, 0.2) is 0 Å². The second-order valence-electron chi connectivity index (χ2n) is 8.55. The third-order valence-corrected chi connectivity index (χ3v) is 6.47. The van der Waals surface area contributed by atoms with Crippen molar-refractivity contribution >= 4 is 5.91 Å².